The lowest BCUT2D eigenvalue weighted by molar-refractivity contribution is 0.248. The lowest BCUT2D eigenvalue weighted by Crippen LogP contribution is -2.37. The highest BCUT2D eigenvalue weighted by Crippen LogP contribution is 2.32. The van der Waals surface area contributed by atoms with E-state index in [0.29, 0.717) is 16.5 Å². The summed E-state index contributed by atoms with van der Waals surface area (Å²) < 4.78 is 25.0. The van der Waals surface area contributed by atoms with E-state index < -0.39 is 9.84 Å². The van der Waals surface area contributed by atoms with Crippen LogP contribution in [0.1, 0.15) is 45.4 Å². The van der Waals surface area contributed by atoms with Gasteiger partial charge in [0.2, 0.25) is 0 Å². The van der Waals surface area contributed by atoms with Gasteiger partial charge in [0, 0.05) is 11.7 Å². The molecule has 1 unspecified atom stereocenters. The summed E-state index contributed by atoms with van der Waals surface area (Å²) in [5, 5.41) is 5.42. The molecular formula is C17H24N2O3S. The molecule has 6 heteroatoms. The number of benzene rings is 1. The SMILES string of the molecule is CC(NC(=O)Nc1ccc(S(=O)(=O)C2CCCC2)cc1)C1CC1. The Labute approximate surface area is 137 Å². The number of hydrogen-bond donors (Lipinski definition) is 2. The fourth-order valence-electron chi connectivity index (χ4n) is 3.21. The first-order valence-corrected chi connectivity index (χ1v) is 9.93. The van der Waals surface area contributed by atoms with Crippen molar-refractivity contribution in [2.45, 2.75) is 61.6 Å². The molecule has 0 aromatic heterocycles. The normalized spacial score (nSPS) is 20.2. The van der Waals surface area contributed by atoms with E-state index in [1.165, 1.54) is 12.8 Å². The third-order valence-corrected chi connectivity index (χ3v) is 7.15. The summed E-state index contributed by atoms with van der Waals surface area (Å²) in [6.07, 6.45) is 5.84. The Balaban J connectivity index is 1.61. The predicted octanol–water partition coefficient (Wildman–Crippen LogP) is 3.32. The molecule has 2 saturated carbocycles. The molecule has 1 atom stereocenters. The maximum Gasteiger partial charge on any atom is 0.319 e. The first-order chi connectivity index (χ1) is 11.0. The number of anilines is 1. The fourth-order valence-corrected chi connectivity index (χ4v) is 5.06. The lowest BCUT2D eigenvalue weighted by atomic mass is 10.2. The summed E-state index contributed by atoms with van der Waals surface area (Å²) in [6, 6.07) is 6.43. The number of nitrogens with one attached hydrogen (secondary N) is 2. The first kappa shape index (κ1) is 16.3. The molecule has 23 heavy (non-hydrogen) atoms. The Hall–Kier alpha value is -1.56. The maximum absolute atomic E-state index is 12.5. The van der Waals surface area contributed by atoms with Crippen molar-refractivity contribution in [2.75, 3.05) is 5.32 Å². The Bertz CT molecular complexity index is 660. The van der Waals surface area contributed by atoms with Crippen LogP contribution in [0.25, 0.3) is 0 Å². The zero-order valence-electron chi connectivity index (χ0n) is 13.4. The molecule has 126 valence electrons. The van der Waals surface area contributed by atoms with Crippen LogP contribution in [-0.2, 0) is 9.84 Å². The van der Waals surface area contributed by atoms with E-state index in [1.54, 1.807) is 24.3 Å². The van der Waals surface area contributed by atoms with Gasteiger partial charge in [-0.3, -0.25) is 0 Å². The van der Waals surface area contributed by atoms with Crippen LogP contribution in [0.3, 0.4) is 0 Å². The lowest BCUT2D eigenvalue weighted by Gasteiger charge is -2.14. The molecule has 1 aromatic rings. The summed E-state index contributed by atoms with van der Waals surface area (Å²) in [7, 11) is -3.23. The van der Waals surface area contributed by atoms with E-state index in [-0.39, 0.29) is 17.3 Å². The van der Waals surface area contributed by atoms with E-state index in [4.69, 9.17) is 0 Å². The summed E-state index contributed by atoms with van der Waals surface area (Å²) in [4.78, 5) is 12.3. The van der Waals surface area contributed by atoms with Gasteiger partial charge in [-0.1, -0.05) is 12.8 Å². The van der Waals surface area contributed by atoms with Gasteiger partial charge in [-0.15, -0.1) is 0 Å². The molecule has 5 nitrogen and oxygen atoms in total. The molecule has 0 heterocycles. The van der Waals surface area contributed by atoms with Gasteiger partial charge in [-0.25, -0.2) is 13.2 Å². The number of sulfone groups is 1. The van der Waals surface area contributed by atoms with Gasteiger partial charge in [0.15, 0.2) is 9.84 Å². The average molecular weight is 336 g/mol. The van der Waals surface area contributed by atoms with Crippen molar-refractivity contribution in [2.24, 2.45) is 5.92 Å². The molecule has 0 bridgehead atoms. The molecule has 1 aromatic carbocycles. The van der Waals surface area contributed by atoms with Crippen LogP contribution in [0.5, 0.6) is 0 Å². The molecule has 2 aliphatic rings. The molecule has 0 saturated heterocycles. The quantitative estimate of drug-likeness (QED) is 0.866. The maximum atomic E-state index is 12.5. The van der Waals surface area contributed by atoms with E-state index in [1.807, 2.05) is 6.92 Å². The summed E-state index contributed by atoms with van der Waals surface area (Å²) in [6.45, 7) is 2.01. The van der Waals surface area contributed by atoms with Crippen LogP contribution in [-0.4, -0.2) is 25.7 Å². The molecule has 2 fully saturated rings. The zero-order valence-corrected chi connectivity index (χ0v) is 14.2. The number of rotatable bonds is 5. The topological polar surface area (TPSA) is 75.3 Å². The molecular weight excluding hydrogens is 312 g/mol. The van der Waals surface area contributed by atoms with Crippen molar-refractivity contribution in [3.63, 3.8) is 0 Å². The Morgan fingerprint density at radius 1 is 1.09 bits per heavy atom. The number of carbonyl (C=O) groups excluding carboxylic acids is 1. The molecule has 2 N–H and O–H groups in total. The standard InChI is InChI=1S/C17H24N2O3S/c1-12(13-6-7-13)18-17(20)19-14-8-10-16(11-9-14)23(21,22)15-4-2-3-5-15/h8-13,15H,2-7H2,1H3,(H2,18,19,20). The van der Waals surface area contributed by atoms with Crippen molar-refractivity contribution in [1.29, 1.82) is 0 Å². The van der Waals surface area contributed by atoms with Crippen molar-refractivity contribution < 1.29 is 13.2 Å². The van der Waals surface area contributed by atoms with Crippen molar-refractivity contribution >= 4 is 21.6 Å². The second-order valence-electron chi connectivity index (χ2n) is 6.70. The van der Waals surface area contributed by atoms with Crippen LogP contribution in [0.4, 0.5) is 10.5 Å². The summed E-state index contributed by atoms with van der Waals surface area (Å²) in [5.41, 5.74) is 0.607. The molecule has 0 spiro atoms. The van der Waals surface area contributed by atoms with Crippen LogP contribution in [0.2, 0.25) is 0 Å². The van der Waals surface area contributed by atoms with Crippen LogP contribution in [0.15, 0.2) is 29.2 Å². The van der Waals surface area contributed by atoms with E-state index >= 15 is 0 Å². The van der Waals surface area contributed by atoms with Crippen molar-refractivity contribution in [3.8, 4) is 0 Å². The number of amides is 2. The Kier molecular flexibility index (Phi) is 4.62. The minimum Gasteiger partial charge on any atom is -0.335 e. The third kappa shape index (κ3) is 3.86. The van der Waals surface area contributed by atoms with E-state index in [0.717, 1.165) is 25.7 Å². The van der Waals surface area contributed by atoms with Gasteiger partial charge in [0.25, 0.3) is 0 Å². The van der Waals surface area contributed by atoms with Crippen LogP contribution in [0, 0.1) is 5.92 Å². The molecule has 0 aliphatic heterocycles. The fraction of sp³-hybridized carbons (Fsp3) is 0.588. The molecule has 2 aliphatic carbocycles. The van der Waals surface area contributed by atoms with Crippen LogP contribution < -0.4 is 10.6 Å². The van der Waals surface area contributed by atoms with Gasteiger partial charge < -0.3 is 10.6 Å². The van der Waals surface area contributed by atoms with Gasteiger partial charge in [0.05, 0.1) is 10.1 Å². The van der Waals surface area contributed by atoms with Gasteiger partial charge >= 0.3 is 6.03 Å². The minimum atomic E-state index is -3.23. The van der Waals surface area contributed by atoms with Gasteiger partial charge in [-0.05, 0) is 62.8 Å². The highest BCUT2D eigenvalue weighted by Gasteiger charge is 2.30. The van der Waals surface area contributed by atoms with Crippen LogP contribution >= 0.6 is 0 Å². The summed E-state index contributed by atoms with van der Waals surface area (Å²) in [5.74, 6) is 0.597. The largest absolute Gasteiger partial charge is 0.335 e. The van der Waals surface area contributed by atoms with Crippen molar-refractivity contribution in [1.82, 2.24) is 5.32 Å². The first-order valence-electron chi connectivity index (χ1n) is 8.38. The summed E-state index contributed by atoms with van der Waals surface area (Å²) >= 11 is 0. The molecule has 3 rings (SSSR count). The Morgan fingerprint density at radius 3 is 2.26 bits per heavy atom. The third-order valence-electron chi connectivity index (χ3n) is 4.87. The second-order valence-corrected chi connectivity index (χ2v) is 8.93. The molecule has 0 radical (unpaired) electrons. The van der Waals surface area contributed by atoms with Gasteiger partial charge in [-0.2, -0.15) is 0 Å². The second kappa shape index (κ2) is 6.51. The Morgan fingerprint density at radius 2 is 1.70 bits per heavy atom. The van der Waals surface area contributed by atoms with Crippen molar-refractivity contribution in [3.05, 3.63) is 24.3 Å². The number of urea groups is 1. The number of carbonyl (C=O) groups is 1. The molecule has 2 amide bonds. The monoisotopic (exact) mass is 336 g/mol. The zero-order chi connectivity index (χ0) is 16.4. The average Bonchev–Trinajstić information content (AvgIpc) is 3.22. The predicted molar refractivity (Wildman–Crippen MR) is 90.2 cm³/mol. The smallest absolute Gasteiger partial charge is 0.319 e. The van der Waals surface area contributed by atoms with Gasteiger partial charge in [0.1, 0.15) is 0 Å². The van der Waals surface area contributed by atoms with E-state index in [9.17, 15) is 13.2 Å². The number of hydrogen-bond acceptors (Lipinski definition) is 3. The highest BCUT2D eigenvalue weighted by molar-refractivity contribution is 7.92. The minimum absolute atomic E-state index is 0.178. The van der Waals surface area contributed by atoms with E-state index in [2.05, 4.69) is 10.6 Å². The highest BCUT2D eigenvalue weighted by atomic mass is 32.2.